The van der Waals surface area contributed by atoms with Gasteiger partial charge in [0.25, 0.3) is 5.92 Å². The Hall–Kier alpha value is 0.0700. The summed E-state index contributed by atoms with van der Waals surface area (Å²) in [5.74, 6) is -2.70. The maximum absolute atomic E-state index is 12.4. The van der Waals surface area contributed by atoms with Crippen molar-refractivity contribution in [2.75, 3.05) is 13.1 Å². The quantitative estimate of drug-likeness (QED) is 0.554. The Kier molecular flexibility index (Phi) is 3.48. The van der Waals surface area contributed by atoms with Gasteiger partial charge in [0, 0.05) is 0 Å². The Morgan fingerprint density at radius 2 is 2.10 bits per heavy atom. The van der Waals surface area contributed by atoms with E-state index in [1.54, 1.807) is 0 Å². The topological polar surface area (TPSA) is 38.0 Å². The molecule has 0 radical (unpaired) electrons. The van der Waals surface area contributed by atoms with E-state index < -0.39 is 12.0 Å². The highest BCUT2D eigenvalue weighted by atomic mass is 35.5. The minimum absolute atomic E-state index is 0. The summed E-state index contributed by atoms with van der Waals surface area (Å²) in [6, 6.07) is -0.946. The second-order valence-electron chi connectivity index (χ2n) is 2.33. The van der Waals surface area contributed by atoms with Crippen molar-refractivity contribution >= 4 is 12.4 Å². The maximum atomic E-state index is 12.4. The molecule has 10 heavy (non-hydrogen) atoms. The summed E-state index contributed by atoms with van der Waals surface area (Å²) in [4.78, 5) is 0. The van der Waals surface area contributed by atoms with Gasteiger partial charge in [0.15, 0.2) is 0 Å². The molecule has 1 atom stereocenters. The van der Waals surface area contributed by atoms with Gasteiger partial charge >= 0.3 is 0 Å². The number of alkyl halides is 2. The fourth-order valence-electron chi connectivity index (χ4n) is 0.855. The molecular weight excluding hydrogens is 162 g/mol. The number of hydrogen-bond donors (Lipinski definition) is 2. The van der Waals surface area contributed by atoms with Crippen molar-refractivity contribution in [1.82, 2.24) is 5.32 Å². The lowest BCUT2D eigenvalue weighted by Gasteiger charge is -2.28. The third-order valence-corrected chi connectivity index (χ3v) is 1.54. The molecule has 1 aliphatic rings. The van der Waals surface area contributed by atoms with Gasteiger partial charge < -0.3 is 11.1 Å². The summed E-state index contributed by atoms with van der Waals surface area (Å²) >= 11 is 0. The Morgan fingerprint density at radius 1 is 1.50 bits per heavy atom. The summed E-state index contributed by atoms with van der Waals surface area (Å²) in [5, 5.41) is 2.58. The van der Waals surface area contributed by atoms with Gasteiger partial charge in [0.05, 0.1) is 12.6 Å². The first kappa shape index (κ1) is 10.1. The largest absolute Gasteiger partial charge is 0.323 e. The molecule has 0 saturated carbocycles. The van der Waals surface area contributed by atoms with Crippen LogP contribution in [0.3, 0.4) is 0 Å². The number of piperidine rings is 1. The summed E-state index contributed by atoms with van der Waals surface area (Å²) < 4.78 is 24.8. The van der Waals surface area contributed by atoms with Gasteiger partial charge in [-0.25, -0.2) is 8.78 Å². The van der Waals surface area contributed by atoms with Crippen LogP contribution in [0.5, 0.6) is 0 Å². The average Bonchev–Trinajstić information content (AvgIpc) is 1.77. The number of halogens is 3. The first-order chi connectivity index (χ1) is 4.13. The number of rotatable bonds is 0. The lowest BCUT2D eigenvalue weighted by Crippen LogP contribution is -2.53. The first-order valence-electron chi connectivity index (χ1n) is 2.97. The van der Waals surface area contributed by atoms with Crippen molar-refractivity contribution in [1.29, 1.82) is 0 Å². The van der Waals surface area contributed by atoms with Crippen molar-refractivity contribution in [3.63, 3.8) is 0 Å². The molecule has 5 heteroatoms. The second kappa shape index (κ2) is 3.46. The molecule has 0 aromatic heterocycles. The van der Waals surface area contributed by atoms with Crippen molar-refractivity contribution in [2.45, 2.75) is 18.4 Å². The predicted molar refractivity (Wildman–Crippen MR) is 37.7 cm³/mol. The van der Waals surface area contributed by atoms with Gasteiger partial charge in [0.2, 0.25) is 0 Å². The maximum Gasteiger partial charge on any atom is 0.275 e. The summed E-state index contributed by atoms with van der Waals surface area (Å²) in [7, 11) is 0. The Labute approximate surface area is 64.6 Å². The number of hydrogen-bond acceptors (Lipinski definition) is 2. The van der Waals surface area contributed by atoms with Crippen LogP contribution in [0.4, 0.5) is 8.78 Å². The summed E-state index contributed by atoms with van der Waals surface area (Å²) in [6.07, 6.45) is 0.368. The molecule has 0 aromatic rings. The van der Waals surface area contributed by atoms with Gasteiger partial charge in [-0.15, -0.1) is 12.4 Å². The second-order valence-corrected chi connectivity index (χ2v) is 2.33. The average molecular weight is 173 g/mol. The lowest BCUT2D eigenvalue weighted by atomic mass is 10.0. The molecule has 1 rings (SSSR count). The standard InChI is InChI=1S/C5H10F2N2.ClH/c6-5(7)3-9-2-1-4(5)8;/h4,9H,1-3,8H2;1H/t4-;/m0./s1. The molecule has 1 saturated heterocycles. The SMILES string of the molecule is Cl.N[C@H]1CCNCC1(F)F. The lowest BCUT2D eigenvalue weighted by molar-refractivity contribution is -0.0388. The molecule has 62 valence electrons. The third kappa shape index (κ3) is 2.04. The van der Waals surface area contributed by atoms with E-state index in [0.29, 0.717) is 13.0 Å². The van der Waals surface area contributed by atoms with Crippen molar-refractivity contribution in [3.8, 4) is 0 Å². The smallest absolute Gasteiger partial charge is 0.275 e. The van der Waals surface area contributed by atoms with Crippen molar-refractivity contribution < 1.29 is 8.78 Å². The van der Waals surface area contributed by atoms with E-state index in [9.17, 15) is 8.78 Å². The minimum atomic E-state index is -2.70. The van der Waals surface area contributed by atoms with Gasteiger partial charge in [-0.3, -0.25) is 0 Å². The predicted octanol–water partition coefficient (Wildman–Crippen LogP) is 0.364. The zero-order valence-corrected chi connectivity index (χ0v) is 6.26. The summed E-state index contributed by atoms with van der Waals surface area (Å²) in [5.41, 5.74) is 5.12. The first-order valence-corrected chi connectivity index (χ1v) is 2.97. The summed E-state index contributed by atoms with van der Waals surface area (Å²) in [6.45, 7) is 0.338. The molecule has 0 amide bonds. The Bertz CT molecular complexity index is 110. The van der Waals surface area contributed by atoms with Gasteiger partial charge in [-0.1, -0.05) is 0 Å². The van der Waals surface area contributed by atoms with Crippen LogP contribution in [-0.4, -0.2) is 25.1 Å². The molecule has 0 unspecified atom stereocenters. The molecular formula is C5H11ClF2N2. The Balaban J connectivity index is 0.000000810. The van der Waals surface area contributed by atoms with Crippen molar-refractivity contribution in [2.24, 2.45) is 5.73 Å². The zero-order chi connectivity index (χ0) is 6.91. The molecule has 2 nitrogen and oxygen atoms in total. The highest BCUT2D eigenvalue weighted by molar-refractivity contribution is 5.85. The van der Waals surface area contributed by atoms with Gasteiger partial charge in [0.1, 0.15) is 0 Å². The van der Waals surface area contributed by atoms with Crippen LogP contribution in [0.1, 0.15) is 6.42 Å². The van der Waals surface area contributed by atoms with E-state index in [1.165, 1.54) is 0 Å². The van der Waals surface area contributed by atoms with Crippen LogP contribution in [0, 0.1) is 0 Å². The fourth-order valence-corrected chi connectivity index (χ4v) is 0.855. The van der Waals surface area contributed by atoms with Crippen LogP contribution < -0.4 is 11.1 Å². The van der Waals surface area contributed by atoms with E-state index in [-0.39, 0.29) is 19.0 Å². The Morgan fingerprint density at radius 3 is 2.40 bits per heavy atom. The van der Waals surface area contributed by atoms with E-state index in [1.807, 2.05) is 0 Å². The van der Waals surface area contributed by atoms with Crippen LogP contribution in [0.2, 0.25) is 0 Å². The van der Waals surface area contributed by atoms with Crippen LogP contribution >= 0.6 is 12.4 Å². The van der Waals surface area contributed by atoms with Crippen LogP contribution in [-0.2, 0) is 0 Å². The van der Waals surface area contributed by atoms with E-state index >= 15 is 0 Å². The molecule has 1 heterocycles. The molecule has 3 N–H and O–H groups in total. The molecule has 0 aromatic carbocycles. The zero-order valence-electron chi connectivity index (χ0n) is 5.44. The minimum Gasteiger partial charge on any atom is -0.323 e. The monoisotopic (exact) mass is 172 g/mol. The molecule has 0 bridgehead atoms. The third-order valence-electron chi connectivity index (χ3n) is 1.54. The van der Waals surface area contributed by atoms with E-state index in [2.05, 4.69) is 5.32 Å². The van der Waals surface area contributed by atoms with Gasteiger partial charge in [-0.2, -0.15) is 0 Å². The number of nitrogens with two attached hydrogens (primary N) is 1. The van der Waals surface area contributed by atoms with Crippen molar-refractivity contribution in [3.05, 3.63) is 0 Å². The van der Waals surface area contributed by atoms with Crippen LogP contribution in [0.15, 0.2) is 0 Å². The highest BCUT2D eigenvalue weighted by Crippen LogP contribution is 2.20. The number of nitrogens with one attached hydrogen (secondary N) is 1. The van der Waals surface area contributed by atoms with E-state index in [4.69, 9.17) is 5.73 Å². The van der Waals surface area contributed by atoms with Crippen LogP contribution in [0.25, 0.3) is 0 Å². The van der Waals surface area contributed by atoms with Gasteiger partial charge in [-0.05, 0) is 13.0 Å². The highest BCUT2D eigenvalue weighted by Gasteiger charge is 2.38. The van der Waals surface area contributed by atoms with E-state index in [0.717, 1.165) is 0 Å². The fraction of sp³-hybridized carbons (Fsp3) is 1.00. The molecule has 0 spiro atoms. The molecule has 0 aliphatic carbocycles. The normalized spacial score (nSPS) is 30.9. The molecule has 1 fully saturated rings. The molecule has 1 aliphatic heterocycles.